The number of carbonyl (C=O) groups is 1. The highest BCUT2D eigenvalue weighted by atomic mass is 35.5. The van der Waals surface area contributed by atoms with E-state index in [0.717, 1.165) is 0 Å². The number of alkyl halides is 1. The zero-order valence-corrected chi connectivity index (χ0v) is 8.99. The summed E-state index contributed by atoms with van der Waals surface area (Å²) in [4.78, 5) is 15.6. The first kappa shape index (κ1) is 11.3. The van der Waals surface area contributed by atoms with Gasteiger partial charge in [-0.25, -0.2) is 0 Å². The molecule has 0 amide bonds. The van der Waals surface area contributed by atoms with E-state index in [1.807, 2.05) is 13.8 Å². The Hall–Kier alpha value is -0.770. The molecule has 1 aliphatic rings. The Bertz CT molecular complexity index is 252. The summed E-state index contributed by atoms with van der Waals surface area (Å²) in [5.74, 6) is -0.765. The highest BCUT2D eigenvalue weighted by molar-refractivity contribution is 6.17. The van der Waals surface area contributed by atoms with Crippen LogP contribution < -0.4 is 0 Å². The number of oxime groups is 1. The molecule has 14 heavy (non-hydrogen) atoms. The highest BCUT2D eigenvalue weighted by Crippen LogP contribution is 2.57. The van der Waals surface area contributed by atoms with Crippen LogP contribution in [0.3, 0.4) is 0 Å². The summed E-state index contributed by atoms with van der Waals surface area (Å²) in [6.07, 6.45) is 1.56. The zero-order chi connectivity index (χ0) is 10.8. The average molecular weight is 220 g/mol. The molecule has 0 heterocycles. The average Bonchev–Trinajstić information content (AvgIpc) is 2.62. The van der Waals surface area contributed by atoms with Crippen LogP contribution in [0.4, 0.5) is 0 Å². The Morgan fingerprint density at radius 1 is 1.71 bits per heavy atom. The Labute approximate surface area is 87.9 Å². The van der Waals surface area contributed by atoms with E-state index in [2.05, 4.69) is 5.16 Å². The number of halogens is 1. The second-order valence-electron chi connectivity index (χ2n) is 3.94. The number of rotatable bonds is 5. The van der Waals surface area contributed by atoms with Gasteiger partial charge in [-0.05, 0) is 5.41 Å². The van der Waals surface area contributed by atoms with Gasteiger partial charge in [-0.15, -0.1) is 11.6 Å². The summed E-state index contributed by atoms with van der Waals surface area (Å²) < 4.78 is 0. The number of aliphatic carboxylic acids is 1. The molecule has 0 saturated heterocycles. The quantitative estimate of drug-likeness (QED) is 0.331. The number of hydrogen-bond acceptors (Lipinski definition) is 3. The summed E-state index contributed by atoms with van der Waals surface area (Å²) >= 11 is 5.37. The number of carboxylic acid groups (broad SMARTS) is 1. The van der Waals surface area contributed by atoms with Crippen molar-refractivity contribution in [3.63, 3.8) is 0 Å². The molecule has 2 atom stereocenters. The molecule has 1 fully saturated rings. The van der Waals surface area contributed by atoms with Gasteiger partial charge in [0, 0.05) is 12.1 Å². The van der Waals surface area contributed by atoms with Crippen LogP contribution in [-0.2, 0) is 9.63 Å². The second kappa shape index (κ2) is 4.17. The molecule has 80 valence electrons. The molecule has 4 nitrogen and oxygen atoms in total. The van der Waals surface area contributed by atoms with E-state index in [1.165, 1.54) is 0 Å². The maximum atomic E-state index is 10.8. The Balaban J connectivity index is 2.41. The van der Waals surface area contributed by atoms with Crippen molar-refractivity contribution in [3.05, 3.63) is 0 Å². The van der Waals surface area contributed by atoms with Crippen LogP contribution in [-0.4, -0.2) is 29.8 Å². The Morgan fingerprint density at radius 3 is 2.79 bits per heavy atom. The third-order valence-electron chi connectivity index (χ3n) is 2.64. The van der Waals surface area contributed by atoms with Crippen molar-refractivity contribution in [2.75, 3.05) is 12.5 Å². The van der Waals surface area contributed by atoms with E-state index in [1.54, 1.807) is 6.21 Å². The van der Waals surface area contributed by atoms with Crippen LogP contribution in [0.15, 0.2) is 5.16 Å². The van der Waals surface area contributed by atoms with Crippen LogP contribution >= 0.6 is 11.6 Å². The molecule has 1 unspecified atom stereocenters. The number of hydrogen-bond donors (Lipinski definition) is 1. The minimum absolute atomic E-state index is 0.0321. The Kier molecular flexibility index (Phi) is 3.37. The maximum Gasteiger partial charge on any atom is 0.307 e. The van der Waals surface area contributed by atoms with E-state index < -0.39 is 5.97 Å². The van der Waals surface area contributed by atoms with E-state index >= 15 is 0 Å². The van der Waals surface area contributed by atoms with Gasteiger partial charge in [0.05, 0.1) is 11.8 Å². The summed E-state index contributed by atoms with van der Waals surface area (Å²) in [7, 11) is 0. The van der Waals surface area contributed by atoms with Gasteiger partial charge in [-0.1, -0.05) is 19.0 Å². The molecule has 1 saturated carbocycles. The first-order valence-corrected chi connectivity index (χ1v) is 4.99. The minimum Gasteiger partial charge on any atom is -0.481 e. The number of carboxylic acids is 1. The maximum absolute atomic E-state index is 10.8. The fraction of sp³-hybridized carbons (Fsp3) is 0.778. The SMILES string of the molecule is CC1(C)C(/C=N/OCCCl)[C@H]1C(=O)O. The lowest BCUT2D eigenvalue weighted by atomic mass is 10.1. The van der Waals surface area contributed by atoms with Crippen LogP contribution in [0.25, 0.3) is 0 Å². The van der Waals surface area contributed by atoms with Gasteiger partial charge < -0.3 is 9.94 Å². The first-order chi connectivity index (χ1) is 6.51. The molecule has 0 aromatic heterocycles. The topological polar surface area (TPSA) is 58.9 Å². The molecule has 0 aliphatic heterocycles. The highest BCUT2D eigenvalue weighted by Gasteiger charge is 2.61. The predicted molar refractivity (Wildman–Crippen MR) is 53.6 cm³/mol. The van der Waals surface area contributed by atoms with Crippen LogP contribution in [0.1, 0.15) is 13.8 Å². The van der Waals surface area contributed by atoms with Crippen molar-refractivity contribution < 1.29 is 14.7 Å². The van der Waals surface area contributed by atoms with Gasteiger partial charge in [0.15, 0.2) is 0 Å². The van der Waals surface area contributed by atoms with Gasteiger partial charge in [-0.3, -0.25) is 4.79 Å². The fourth-order valence-corrected chi connectivity index (χ4v) is 1.69. The standard InChI is InChI=1S/C9H14ClNO3/c1-9(2)6(7(9)8(12)13)5-11-14-4-3-10/h5-7H,3-4H2,1-2H3,(H,12,13)/b11-5+/t6?,7-/m0/s1. The van der Waals surface area contributed by atoms with Crippen LogP contribution in [0, 0.1) is 17.3 Å². The molecule has 1 aliphatic carbocycles. The van der Waals surface area contributed by atoms with Crippen LogP contribution in [0.5, 0.6) is 0 Å². The monoisotopic (exact) mass is 219 g/mol. The molecule has 5 heteroatoms. The summed E-state index contributed by atoms with van der Waals surface area (Å²) in [6.45, 7) is 4.16. The third kappa shape index (κ3) is 2.18. The minimum atomic E-state index is -0.774. The zero-order valence-electron chi connectivity index (χ0n) is 8.24. The molecule has 0 radical (unpaired) electrons. The molecule has 1 rings (SSSR count). The molecule has 0 bridgehead atoms. The Morgan fingerprint density at radius 2 is 2.36 bits per heavy atom. The van der Waals surface area contributed by atoms with Gasteiger partial charge in [0.25, 0.3) is 0 Å². The second-order valence-corrected chi connectivity index (χ2v) is 4.32. The van der Waals surface area contributed by atoms with E-state index in [0.29, 0.717) is 12.5 Å². The van der Waals surface area contributed by atoms with E-state index in [-0.39, 0.29) is 17.3 Å². The van der Waals surface area contributed by atoms with Gasteiger partial charge >= 0.3 is 5.97 Å². The molecule has 0 aromatic carbocycles. The van der Waals surface area contributed by atoms with Crippen molar-refractivity contribution >= 4 is 23.8 Å². The molecule has 1 N–H and O–H groups in total. The normalized spacial score (nSPS) is 29.1. The molecule has 0 spiro atoms. The lowest BCUT2D eigenvalue weighted by Crippen LogP contribution is -2.03. The van der Waals surface area contributed by atoms with Gasteiger partial charge in [-0.2, -0.15) is 0 Å². The summed E-state index contributed by atoms with van der Waals surface area (Å²) in [6, 6.07) is 0. The van der Waals surface area contributed by atoms with Crippen molar-refractivity contribution in [1.82, 2.24) is 0 Å². The van der Waals surface area contributed by atoms with Crippen molar-refractivity contribution in [2.24, 2.45) is 22.4 Å². The van der Waals surface area contributed by atoms with Crippen molar-refractivity contribution in [3.8, 4) is 0 Å². The van der Waals surface area contributed by atoms with Gasteiger partial charge in [0.2, 0.25) is 0 Å². The van der Waals surface area contributed by atoms with Gasteiger partial charge in [0.1, 0.15) is 6.61 Å². The van der Waals surface area contributed by atoms with E-state index in [4.69, 9.17) is 21.5 Å². The van der Waals surface area contributed by atoms with Crippen molar-refractivity contribution in [1.29, 1.82) is 0 Å². The lowest BCUT2D eigenvalue weighted by Gasteiger charge is -1.96. The predicted octanol–water partition coefficient (Wildman–Crippen LogP) is 1.58. The third-order valence-corrected chi connectivity index (χ3v) is 2.80. The van der Waals surface area contributed by atoms with Crippen molar-refractivity contribution in [2.45, 2.75) is 13.8 Å². The van der Waals surface area contributed by atoms with E-state index in [9.17, 15) is 4.79 Å². The molecular formula is C9H14ClNO3. The summed E-state index contributed by atoms with van der Waals surface area (Å²) in [5, 5.41) is 12.5. The smallest absolute Gasteiger partial charge is 0.307 e. The molecular weight excluding hydrogens is 206 g/mol. The first-order valence-electron chi connectivity index (χ1n) is 4.46. The molecule has 0 aromatic rings. The summed E-state index contributed by atoms with van der Waals surface area (Å²) in [5.41, 5.74) is -0.209. The lowest BCUT2D eigenvalue weighted by molar-refractivity contribution is -0.139. The fourth-order valence-electron chi connectivity index (χ4n) is 1.62. The van der Waals surface area contributed by atoms with Crippen LogP contribution in [0.2, 0.25) is 0 Å². The largest absolute Gasteiger partial charge is 0.481 e. The number of nitrogens with zero attached hydrogens (tertiary/aromatic N) is 1.